The van der Waals surface area contributed by atoms with Crippen LogP contribution in [-0.2, 0) is 6.42 Å². The second-order valence-corrected chi connectivity index (χ2v) is 5.12. The Bertz CT molecular complexity index is 597. The molecule has 110 valence electrons. The van der Waals surface area contributed by atoms with Gasteiger partial charge in [-0.3, -0.25) is 0 Å². The Morgan fingerprint density at radius 1 is 0.905 bits per heavy atom. The molecule has 0 heterocycles. The van der Waals surface area contributed by atoms with Crippen molar-refractivity contribution in [2.45, 2.75) is 32.6 Å². The number of halogens is 2. The topological polar surface area (TPSA) is 0 Å². The molecule has 0 spiro atoms. The molecule has 21 heavy (non-hydrogen) atoms. The summed E-state index contributed by atoms with van der Waals surface area (Å²) in [6.45, 7) is 2.16. The van der Waals surface area contributed by atoms with Gasteiger partial charge in [0, 0.05) is 11.6 Å². The molecule has 2 aromatic rings. The minimum Gasteiger partial charge on any atom is -0.207 e. The van der Waals surface area contributed by atoms with E-state index in [1.165, 1.54) is 24.1 Å². The van der Waals surface area contributed by atoms with Crippen LogP contribution in [0.4, 0.5) is 8.78 Å². The van der Waals surface area contributed by atoms with E-state index in [1.807, 2.05) is 24.3 Å². The standard InChI is InChI=1S/C19H20F2/c1-2-3-4-5-6-7-15-8-10-16(11-9-15)18-13-12-17(20)14-19(18)21/h4-5,8-14H,2-3,6-7H2,1H3/b5-4+. The molecule has 0 fully saturated rings. The fraction of sp³-hybridized carbons (Fsp3) is 0.263. The van der Waals surface area contributed by atoms with Crippen LogP contribution in [0.15, 0.2) is 54.6 Å². The van der Waals surface area contributed by atoms with Gasteiger partial charge in [0.15, 0.2) is 0 Å². The minimum absolute atomic E-state index is 0.436. The van der Waals surface area contributed by atoms with Gasteiger partial charge in [-0.15, -0.1) is 0 Å². The molecular formula is C19H20F2. The van der Waals surface area contributed by atoms with Crippen molar-refractivity contribution in [2.24, 2.45) is 0 Å². The quantitative estimate of drug-likeness (QED) is 0.578. The monoisotopic (exact) mass is 286 g/mol. The molecule has 0 N–H and O–H groups in total. The number of rotatable bonds is 6. The average Bonchev–Trinajstić information content (AvgIpc) is 2.48. The van der Waals surface area contributed by atoms with Crippen LogP contribution in [0.25, 0.3) is 11.1 Å². The molecule has 0 amide bonds. The van der Waals surface area contributed by atoms with Crippen LogP contribution in [0.1, 0.15) is 31.7 Å². The predicted molar refractivity (Wildman–Crippen MR) is 84.2 cm³/mol. The highest BCUT2D eigenvalue weighted by Gasteiger charge is 2.06. The lowest BCUT2D eigenvalue weighted by atomic mass is 10.0. The lowest BCUT2D eigenvalue weighted by Gasteiger charge is -2.05. The van der Waals surface area contributed by atoms with E-state index in [0.717, 1.165) is 30.9 Å². The summed E-state index contributed by atoms with van der Waals surface area (Å²) in [7, 11) is 0. The normalized spacial score (nSPS) is 11.2. The molecule has 0 aliphatic heterocycles. The molecule has 0 bridgehead atoms. The lowest BCUT2D eigenvalue weighted by molar-refractivity contribution is 0.585. The maximum Gasteiger partial charge on any atom is 0.133 e. The Balaban J connectivity index is 2.01. The number of aryl methyl sites for hydroxylation is 1. The van der Waals surface area contributed by atoms with Crippen molar-refractivity contribution in [2.75, 3.05) is 0 Å². The third kappa shape index (κ3) is 4.52. The van der Waals surface area contributed by atoms with Crippen LogP contribution in [0.2, 0.25) is 0 Å². The summed E-state index contributed by atoms with van der Waals surface area (Å²) in [5.74, 6) is -1.07. The van der Waals surface area contributed by atoms with Crippen molar-refractivity contribution in [3.63, 3.8) is 0 Å². The van der Waals surface area contributed by atoms with Gasteiger partial charge in [-0.05, 0) is 42.5 Å². The van der Waals surface area contributed by atoms with Crippen LogP contribution < -0.4 is 0 Å². The second-order valence-electron chi connectivity index (χ2n) is 5.12. The Labute approximate surface area is 125 Å². The van der Waals surface area contributed by atoms with E-state index in [9.17, 15) is 8.78 Å². The zero-order chi connectivity index (χ0) is 15.1. The van der Waals surface area contributed by atoms with Gasteiger partial charge in [-0.25, -0.2) is 8.78 Å². The van der Waals surface area contributed by atoms with Gasteiger partial charge >= 0.3 is 0 Å². The van der Waals surface area contributed by atoms with Crippen molar-refractivity contribution in [1.82, 2.24) is 0 Å². The van der Waals surface area contributed by atoms with Crippen molar-refractivity contribution >= 4 is 0 Å². The van der Waals surface area contributed by atoms with Gasteiger partial charge in [0.25, 0.3) is 0 Å². The van der Waals surface area contributed by atoms with E-state index in [2.05, 4.69) is 19.1 Å². The number of unbranched alkanes of at least 4 members (excludes halogenated alkanes) is 1. The maximum atomic E-state index is 13.7. The summed E-state index contributed by atoms with van der Waals surface area (Å²) in [4.78, 5) is 0. The van der Waals surface area contributed by atoms with Gasteiger partial charge < -0.3 is 0 Å². The fourth-order valence-corrected chi connectivity index (χ4v) is 2.23. The minimum atomic E-state index is -0.549. The molecule has 2 rings (SSSR count). The van der Waals surface area contributed by atoms with E-state index in [4.69, 9.17) is 0 Å². The Morgan fingerprint density at radius 3 is 2.29 bits per heavy atom. The van der Waals surface area contributed by atoms with Gasteiger partial charge in [-0.2, -0.15) is 0 Å². The lowest BCUT2D eigenvalue weighted by Crippen LogP contribution is -1.88. The third-order valence-electron chi connectivity index (χ3n) is 3.42. The van der Waals surface area contributed by atoms with Crippen molar-refractivity contribution in [1.29, 1.82) is 0 Å². The van der Waals surface area contributed by atoms with Crippen LogP contribution in [0.3, 0.4) is 0 Å². The van der Waals surface area contributed by atoms with Crippen LogP contribution in [0.5, 0.6) is 0 Å². The molecule has 0 nitrogen and oxygen atoms in total. The molecule has 0 aliphatic rings. The molecule has 0 atom stereocenters. The zero-order valence-corrected chi connectivity index (χ0v) is 12.3. The molecule has 0 radical (unpaired) electrons. The zero-order valence-electron chi connectivity index (χ0n) is 12.3. The molecule has 2 aromatic carbocycles. The van der Waals surface area contributed by atoms with Crippen molar-refractivity contribution in [3.05, 3.63) is 71.8 Å². The van der Waals surface area contributed by atoms with E-state index in [1.54, 1.807) is 0 Å². The van der Waals surface area contributed by atoms with Crippen molar-refractivity contribution in [3.8, 4) is 11.1 Å². The van der Waals surface area contributed by atoms with Gasteiger partial charge in [0.05, 0.1) is 0 Å². The average molecular weight is 286 g/mol. The molecule has 0 aliphatic carbocycles. The molecule has 2 heteroatoms. The molecule has 0 saturated carbocycles. The molecule has 0 unspecified atom stereocenters. The highest BCUT2D eigenvalue weighted by Crippen LogP contribution is 2.24. The largest absolute Gasteiger partial charge is 0.207 e. The number of benzene rings is 2. The summed E-state index contributed by atoms with van der Waals surface area (Å²) in [6.07, 6.45) is 8.72. The Kier molecular flexibility index (Phi) is 5.68. The number of allylic oxidation sites excluding steroid dienone is 2. The van der Waals surface area contributed by atoms with Gasteiger partial charge in [-0.1, -0.05) is 49.8 Å². The molecular weight excluding hydrogens is 266 g/mol. The highest BCUT2D eigenvalue weighted by atomic mass is 19.1. The van der Waals surface area contributed by atoms with E-state index in [0.29, 0.717) is 5.56 Å². The first kappa shape index (κ1) is 15.4. The summed E-state index contributed by atoms with van der Waals surface area (Å²) in [5.41, 5.74) is 2.44. The van der Waals surface area contributed by atoms with E-state index < -0.39 is 11.6 Å². The first-order valence-corrected chi connectivity index (χ1v) is 7.40. The number of hydrogen-bond acceptors (Lipinski definition) is 0. The van der Waals surface area contributed by atoms with Crippen LogP contribution in [-0.4, -0.2) is 0 Å². The van der Waals surface area contributed by atoms with E-state index in [-0.39, 0.29) is 0 Å². The number of hydrogen-bond donors (Lipinski definition) is 0. The smallest absolute Gasteiger partial charge is 0.133 e. The maximum absolute atomic E-state index is 13.7. The first-order valence-electron chi connectivity index (χ1n) is 7.40. The molecule has 0 saturated heterocycles. The van der Waals surface area contributed by atoms with Crippen LogP contribution in [0, 0.1) is 11.6 Å². The first-order chi connectivity index (χ1) is 10.2. The van der Waals surface area contributed by atoms with Gasteiger partial charge in [0.1, 0.15) is 11.6 Å². The third-order valence-corrected chi connectivity index (χ3v) is 3.42. The SMILES string of the molecule is CCC/C=C/CCc1ccc(-c2ccc(F)cc2F)cc1. The summed E-state index contributed by atoms with van der Waals surface area (Å²) in [6, 6.07) is 11.5. The Hall–Kier alpha value is -1.96. The van der Waals surface area contributed by atoms with Gasteiger partial charge in [0.2, 0.25) is 0 Å². The fourth-order valence-electron chi connectivity index (χ4n) is 2.23. The second kappa shape index (κ2) is 7.72. The Morgan fingerprint density at radius 2 is 1.62 bits per heavy atom. The summed E-state index contributed by atoms with van der Waals surface area (Å²) >= 11 is 0. The highest BCUT2D eigenvalue weighted by molar-refractivity contribution is 5.64. The van der Waals surface area contributed by atoms with Crippen molar-refractivity contribution < 1.29 is 8.78 Å². The summed E-state index contributed by atoms with van der Waals surface area (Å²) in [5, 5.41) is 0. The molecule has 0 aromatic heterocycles. The summed E-state index contributed by atoms with van der Waals surface area (Å²) < 4.78 is 26.6. The predicted octanol–water partition coefficient (Wildman–Crippen LogP) is 5.92. The van der Waals surface area contributed by atoms with E-state index >= 15 is 0 Å². The van der Waals surface area contributed by atoms with Crippen LogP contribution >= 0.6 is 0 Å².